The summed E-state index contributed by atoms with van der Waals surface area (Å²) in [7, 11) is 0. The van der Waals surface area contributed by atoms with Gasteiger partial charge in [-0.25, -0.2) is 4.98 Å². The molecule has 0 saturated heterocycles. The first kappa shape index (κ1) is 13.4. The first-order valence-corrected chi connectivity index (χ1v) is 6.66. The highest BCUT2D eigenvalue weighted by molar-refractivity contribution is 7.99. The fourth-order valence-corrected chi connectivity index (χ4v) is 2.74. The molecule has 1 aromatic carbocycles. The van der Waals surface area contributed by atoms with Crippen LogP contribution in [0, 0.1) is 11.3 Å². The largest absolute Gasteiger partial charge is 0.481 e. The molecule has 1 heterocycles. The van der Waals surface area contributed by atoms with Gasteiger partial charge in [-0.15, -0.1) is 11.8 Å². The van der Waals surface area contributed by atoms with Gasteiger partial charge in [0.1, 0.15) is 11.1 Å². The Labute approximate surface area is 115 Å². The minimum absolute atomic E-state index is 0.0457. The van der Waals surface area contributed by atoms with Gasteiger partial charge in [0, 0.05) is 10.6 Å². The molecule has 0 aliphatic carbocycles. The van der Waals surface area contributed by atoms with E-state index in [9.17, 15) is 4.79 Å². The summed E-state index contributed by atoms with van der Waals surface area (Å²) in [6.07, 6.45) is 0.0457. The molecule has 0 spiro atoms. The number of hydrogen-bond donors (Lipinski definition) is 1. The summed E-state index contributed by atoms with van der Waals surface area (Å²) in [5.74, 6) is -0.848. The molecule has 2 aromatic rings. The lowest BCUT2D eigenvalue weighted by Gasteiger charge is -2.10. The summed E-state index contributed by atoms with van der Waals surface area (Å²) in [6, 6.07) is 11.5. The second-order valence-corrected chi connectivity index (χ2v) is 5.60. The number of nitrogens with zero attached hydrogens (tertiary/aromatic N) is 2. The number of pyridine rings is 1. The number of carbonyl (C=O) groups is 1. The monoisotopic (exact) mass is 272 g/mol. The van der Waals surface area contributed by atoms with Crippen molar-refractivity contribution in [2.24, 2.45) is 0 Å². The molecular weight excluding hydrogens is 260 g/mol. The van der Waals surface area contributed by atoms with E-state index in [1.165, 1.54) is 11.8 Å². The molecule has 1 aromatic heterocycles. The van der Waals surface area contributed by atoms with Gasteiger partial charge in [0.25, 0.3) is 0 Å². The van der Waals surface area contributed by atoms with Crippen LogP contribution in [0.2, 0.25) is 0 Å². The summed E-state index contributed by atoms with van der Waals surface area (Å²) >= 11 is 1.32. The van der Waals surface area contributed by atoms with Gasteiger partial charge in [-0.2, -0.15) is 5.26 Å². The van der Waals surface area contributed by atoms with Crippen molar-refractivity contribution in [1.29, 1.82) is 5.26 Å². The van der Waals surface area contributed by atoms with Crippen molar-refractivity contribution in [3.05, 3.63) is 35.9 Å². The topological polar surface area (TPSA) is 74.0 Å². The second kappa shape index (κ2) is 5.72. The number of thioether (sulfide) groups is 1. The van der Waals surface area contributed by atoms with Crippen LogP contribution < -0.4 is 0 Å². The number of para-hydroxylation sites is 1. The molecule has 0 fully saturated rings. The number of benzene rings is 1. The maximum absolute atomic E-state index is 10.7. The number of aromatic nitrogens is 1. The Balaban J connectivity index is 2.36. The number of rotatable bonds is 4. The molecule has 2 rings (SSSR count). The van der Waals surface area contributed by atoms with Gasteiger partial charge >= 0.3 is 5.97 Å². The smallest absolute Gasteiger partial charge is 0.304 e. The van der Waals surface area contributed by atoms with Gasteiger partial charge < -0.3 is 5.11 Å². The van der Waals surface area contributed by atoms with Crippen molar-refractivity contribution in [3.63, 3.8) is 0 Å². The van der Waals surface area contributed by atoms with E-state index < -0.39 is 5.97 Å². The number of carboxylic acid groups (broad SMARTS) is 1. The zero-order valence-corrected chi connectivity index (χ0v) is 11.1. The van der Waals surface area contributed by atoms with Crippen LogP contribution in [-0.2, 0) is 4.79 Å². The lowest BCUT2D eigenvalue weighted by atomic mass is 10.2. The van der Waals surface area contributed by atoms with Crippen molar-refractivity contribution in [2.45, 2.75) is 23.6 Å². The molecule has 0 saturated carbocycles. The highest BCUT2D eigenvalue weighted by Gasteiger charge is 2.14. The zero-order valence-electron chi connectivity index (χ0n) is 10.3. The van der Waals surface area contributed by atoms with E-state index >= 15 is 0 Å². The third-order valence-corrected chi connectivity index (χ3v) is 3.69. The number of hydrogen-bond acceptors (Lipinski definition) is 4. The Morgan fingerprint density at radius 2 is 2.26 bits per heavy atom. The van der Waals surface area contributed by atoms with Crippen molar-refractivity contribution >= 4 is 28.6 Å². The van der Waals surface area contributed by atoms with Crippen LogP contribution >= 0.6 is 11.8 Å². The van der Waals surface area contributed by atoms with Crippen LogP contribution in [0.15, 0.2) is 35.4 Å². The first-order valence-electron chi connectivity index (χ1n) is 5.78. The molecule has 5 heteroatoms. The van der Waals surface area contributed by atoms with Crippen molar-refractivity contribution < 1.29 is 9.90 Å². The molecule has 1 N–H and O–H groups in total. The molecule has 0 aliphatic rings. The summed E-state index contributed by atoms with van der Waals surface area (Å²) in [6.45, 7) is 1.82. The molecule has 1 unspecified atom stereocenters. The number of fused-ring (bicyclic) bond motifs is 1. The van der Waals surface area contributed by atoms with Crippen LogP contribution in [0.1, 0.15) is 18.9 Å². The van der Waals surface area contributed by atoms with E-state index in [2.05, 4.69) is 11.1 Å². The first-order chi connectivity index (χ1) is 9.10. The highest BCUT2D eigenvalue weighted by Crippen LogP contribution is 2.28. The summed E-state index contributed by atoms with van der Waals surface area (Å²) in [4.78, 5) is 15.1. The molecule has 96 valence electrons. The van der Waals surface area contributed by atoms with Crippen LogP contribution in [0.3, 0.4) is 0 Å². The SMILES string of the molecule is CC(CC(=O)O)Sc1nc2ccccc2cc1C#N. The molecule has 19 heavy (non-hydrogen) atoms. The van der Waals surface area contributed by atoms with E-state index in [0.29, 0.717) is 10.6 Å². The maximum Gasteiger partial charge on any atom is 0.304 e. The minimum atomic E-state index is -0.848. The lowest BCUT2D eigenvalue weighted by molar-refractivity contribution is -0.136. The Kier molecular flexibility index (Phi) is 4.03. The third kappa shape index (κ3) is 3.24. The van der Waals surface area contributed by atoms with Crippen molar-refractivity contribution in [3.8, 4) is 6.07 Å². The summed E-state index contributed by atoms with van der Waals surface area (Å²) in [5, 5.41) is 19.3. The Bertz CT molecular complexity index is 664. The Morgan fingerprint density at radius 3 is 2.95 bits per heavy atom. The predicted molar refractivity (Wildman–Crippen MR) is 74.0 cm³/mol. The zero-order chi connectivity index (χ0) is 13.8. The fourth-order valence-electron chi connectivity index (χ4n) is 1.75. The van der Waals surface area contributed by atoms with E-state index in [-0.39, 0.29) is 11.7 Å². The standard InChI is InChI=1S/C14H12N2O2S/c1-9(6-13(17)18)19-14-11(8-15)7-10-4-2-3-5-12(10)16-14/h2-5,7,9H,6H2,1H3,(H,17,18). The van der Waals surface area contributed by atoms with Crippen LogP contribution in [-0.4, -0.2) is 21.3 Å². The predicted octanol–water partition coefficient (Wildman–Crippen LogP) is 3.06. The van der Waals surface area contributed by atoms with Crippen LogP contribution in [0.4, 0.5) is 0 Å². The van der Waals surface area contributed by atoms with E-state index in [1.54, 1.807) is 6.07 Å². The van der Waals surface area contributed by atoms with Gasteiger partial charge in [-0.3, -0.25) is 4.79 Å². The van der Waals surface area contributed by atoms with Gasteiger partial charge in [-0.05, 0) is 12.1 Å². The minimum Gasteiger partial charge on any atom is -0.481 e. The normalized spacial score (nSPS) is 12.0. The molecule has 4 nitrogen and oxygen atoms in total. The molecule has 0 amide bonds. The Morgan fingerprint density at radius 1 is 1.53 bits per heavy atom. The lowest BCUT2D eigenvalue weighted by Crippen LogP contribution is -2.06. The molecule has 1 atom stereocenters. The number of aliphatic carboxylic acids is 1. The van der Waals surface area contributed by atoms with Crippen molar-refractivity contribution in [1.82, 2.24) is 4.98 Å². The van der Waals surface area contributed by atoms with Gasteiger partial charge in [0.05, 0.1) is 17.5 Å². The average molecular weight is 272 g/mol. The molecule has 0 aliphatic heterocycles. The summed E-state index contributed by atoms with van der Waals surface area (Å²) < 4.78 is 0. The van der Waals surface area contributed by atoms with Gasteiger partial charge in [0.15, 0.2) is 0 Å². The van der Waals surface area contributed by atoms with Crippen molar-refractivity contribution in [2.75, 3.05) is 0 Å². The molecule has 0 radical (unpaired) electrons. The van der Waals surface area contributed by atoms with Crippen LogP contribution in [0.5, 0.6) is 0 Å². The van der Waals surface area contributed by atoms with E-state index in [0.717, 1.165) is 10.9 Å². The van der Waals surface area contributed by atoms with Crippen LogP contribution in [0.25, 0.3) is 10.9 Å². The highest BCUT2D eigenvalue weighted by atomic mass is 32.2. The summed E-state index contributed by atoms with van der Waals surface area (Å²) in [5.41, 5.74) is 1.30. The third-order valence-electron chi connectivity index (χ3n) is 2.58. The average Bonchev–Trinajstić information content (AvgIpc) is 2.36. The van der Waals surface area contributed by atoms with E-state index in [4.69, 9.17) is 10.4 Å². The molecular formula is C14H12N2O2S. The van der Waals surface area contributed by atoms with Gasteiger partial charge in [-0.1, -0.05) is 25.1 Å². The number of nitriles is 1. The van der Waals surface area contributed by atoms with E-state index in [1.807, 2.05) is 31.2 Å². The second-order valence-electron chi connectivity index (χ2n) is 4.17. The maximum atomic E-state index is 10.7. The fraction of sp³-hybridized carbons (Fsp3) is 0.214. The Hall–Kier alpha value is -2.06. The van der Waals surface area contributed by atoms with Gasteiger partial charge in [0.2, 0.25) is 0 Å². The quantitative estimate of drug-likeness (QED) is 0.866. The number of carboxylic acids is 1. The molecule has 0 bridgehead atoms.